The number of amides is 1. The summed E-state index contributed by atoms with van der Waals surface area (Å²) < 4.78 is 4.87. The van der Waals surface area contributed by atoms with Crippen molar-refractivity contribution < 1.29 is 4.79 Å². The molecule has 0 unspecified atom stereocenters. The number of aromatic amines is 1. The number of carbonyl (C=O) groups excluding carboxylic acids is 1. The number of thiazole rings is 1. The van der Waals surface area contributed by atoms with E-state index in [1.165, 1.54) is 16.0 Å². The number of halogens is 1. The quantitative estimate of drug-likeness (QED) is 0.163. The molecule has 0 aliphatic carbocycles. The summed E-state index contributed by atoms with van der Waals surface area (Å²) in [5, 5.41) is 12.9. The summed E-state index contributed by atoms with van der Waals surface area (Å²) in [5.41, 5.74) is 9.42. The Labute approximate surface area is 285 Å². The standard InChI is InChI=1S/C37H32ClN7O2S/c1-25-11-13-26(14-12-25)21-34-42-44(37(47)43(34)20-19-28-22-39-32-10-6-5-9-31(28)32)23-35(46)40-41-36-45(30-7-3-2-4-8-30)33(24-48-36)27-15-17-29(38)18-16-27/h2-18,22,24,39H,19-21,23H2,1H3,(H,40,46)/b41-36-. The number of fused-ring (bicyclic) bond motifs is 1. The molecule has 0 aliphatic heterocycles. The molecule has 0 bridgehead atoms. The van der Waals surface area contributed by atoms with Crippen molar-refractivity contribution in [3.63, 3.8) is 0 Å². The van der Waals surface area contributed by atoms with Crippen LogP contribution in [0, 0.1) is 6.92 Å². The predicted octanol–water partition coefficient (Wildman–Crippen LogP) is 6.47. The van der Waals surface area contributed by atoms with Gasteiger partial charge in [-0.25, -0.2) is 14.9 Å². The minimum atomic E-state index is -0.457. The van der Waals surface area contributed by atoms with Crippen LogP contribution in [0.1, 0.15) is 22.5 Å². The molecule has 0 radical (unpaired) electrons. The Morgan fingerprint density at radius 1 is 0.958 bits per heavy atom. The van der Waals surface area contributed by atoms with Crippen LogP contribution in [0.2, 0.25) is 5.02 Å². The molecule has 3 heterocycles. The molecule has 0 saturated heterocycles. The van der Waals surface area contributed by atoms with E-state index < -0.39 is 5.91 Å². The first kappa shape index (κ1) is 31.2. The molecule has 2 N–H and O–H groups in total. The second-order valence-corrected chi connectivity index (χ2v) is 12.8. The molecule has 4 aromatic carbocycles. The van der Waals surface area contributed by atoms with Crippen LogP contribution in [-0.2, 0) is 30.7 Å². The number of aryl methyl sites for hydroxylation is 2. The SMILES string of the molecule is Cc1ccc(Cc2nn(CC(=O)N/N=c3\scc(-c4ccc(Cl)cc4)n3-c3ccccc3)c(=O)n2CCc2c[nH]c3ccccc23)cc1. The lowest BCUT2D eigenvalue weighted by Gasteiger charge is -2.09. The van der Waals surface area contributed by atoms with E-state index in [1.807, 2.05) is 120 Å². The molecule has 0 saturated carbocycles. The highest BCUT2D eigenvalue weighted by Gasteiger charge is 2.17. The molecular formula is C37H32ClN7O2S. The third-order valence-corrected chi connectivity index (χ3v) is 9.27. The van der Waals surface area contributed by atoms with Crippen molar-refractivity contribution in [1.29, 1.82) is 0 Å². The average Bonchev–Trinajstić information content (AvgIpc) is 3.80. The number of rotatable bonds is 10. The zero-order valence-corrected chi connectivity index (χ0v) is 27.7. The molecule has 11 heteroatoms. The zero-order chi connectivity index (χ0) is 33.0. The van der Waals surface area contributed by atoms with Crippen LogP contribution in [0.25, 0.3) is 27.8 Å². The monoisotopic (exact) mass is 673 g/mol. The number of nitrogens with zero attached hydrogens (tertiary/aromatic N) is 5. The molecule has 7 aromatic rings. The van der Waals surface area contributed by atoms with E-state index in [1.54, 1.807) is 4.57 Å². The maximum absolute atomic E-state index is 13.7. The van der Waals surface area contributed by atoms with Gasteiger partial charge in [-0.05, 0) is 60.4 Å². The first-order valence-electron chi connectivity index (χ1n) is 15.5. The van der Waals surface area contributed by atoms with Crippen LogP contribution in [0.3, 0.4) is 0 Å². The fourth-order valence-corrected chi connectivity index (χ4v) is 6.71. The highest BCUT2D eigenvalue weighted by molar-refractivity contribution is 7.07. The number of benzene rings is 4. The second kappa shape index (κ2) is 13.7. The van der Waals surface area contributed by atoms with Gasteiger partial charge in [-0.1, -0.05) is 90.0 Å². The van der Waals surface area contributed by atoms with Gasteiger partial charge in [0.05, 0.1) is 5.69 Å². The van der Waals surface area contributed by atoms with E-state index in [0.29, 0.717) is 35.0 Å². The molecule has 240 valence electrons. The van der Waals surface area contributed by atoms with Crippen molar-refractivity contribution in [2.45, 2.75) is 32.9 Å². The highest BCUT2D eigenvalue weighted by Crippen LogP contribution is 2.25. The lowest BCUT2D eigenvalue weighted by molar-refractivity contribution is -0.122. The number of H-pyrrole nitrogens is 1. The third kappa shape index (κ3) is 6.67. The number of hydrogen-bond acceptors (Lipinski definition) is 5. The highest BCUT2D eigenvalue weighted by atomic mass is 35.5. The van der Waals surface area contributed by atoms with Gasteiger partial charge < -0.3 is 4.98 Å². The largest absolute Gasteiger partial charge is 0.361 e. The summed E-state index contributed by atoms with van der Waals surface area (Å²) in [6, 6.07) is 33.6. The van der Waals surface area contributed by atoms with Gasteiger partial charge in [0.2, 0.25) is 4.80 Å². The Morgan fingerprint density at radius 3 is 2.50 bits per heavy atom. The number of aromatic nitrogens is 5. The summed E-state index contributed by atoms with van der Waals surface area (Å²) in [4.78, 5) is 30.9. The van der Waals surface area contributed by atoms with Crippen LogP contribution in [-0.4, -0.2) is 29.8 Å². The topological polar surface area (TPSA) is 102 Å². The van der Waals surface area contributed by atoms with E-state index >= 15 is 0 Å². The van der Waals surface area contributed by atoms with Gasteiger partial charge in [-0.15, -0.1) is 16.4 Å². The van der Waals surface area contributed by atoms with E-state index in [9.17, 15) is 9.59 Å². The molecule has 3 aromatic heterocycles. The zero-order valence-electron chi connectivity index (χ0n) is 26.1. The summed E-state index contributed by atoms with van der Waals surface area (Å²) in [6.07, 6.45) is 3.08. The number of hydrogen-bond donors (Lipinski definition) is 2. The van der Waals surface area contributed by atoms with Crippen molar-refractivity contribution >= 4 is 39.7 Å². The first-order chi connectivity index (χ1) is 23.4. The summed E-state index contributed by atoms with van der Waals surface area (Å²) >= 11 is 7.53. The normalized spacial score (nSPS) is 11.8. The minimum absolute atomic E-state index is 0.274. The Kier molecular flexibility index (Phi) is 8.91. The molecule has 48 heavy (non-hydrogen) atoms. The van der Waals surface area contributed by atoms with Crippen LogP contribution in [0.4, 0.5) is 0 Å². The second-order valence-electron chi connectivity index (χ2n) is 11.5. The number of carbonyl (C=O) groups is 1. The van der Waals surface area contributed by atoms with Gasteiger partial charge in [0.15, 0.2) is 0 Å². The van der Waals surface area contributed by atoms with E-state index in [4.69, 9.17) is 11.6 Å². The lowest BCUT2D eigenvalue weighted by atomic mass is 10.1. The van der Waals surface area contributed by atoms with Crippen molar-refractivity contribution in [3.8, 4) is 16.9 Å². The van der Waals surface area contributed by atoms with Crippen LogP contribution in [0.5, 0.6) is 0 Å². The molecule has 0 spiro atoms. The Morgan fingerprint density at radius 2 is 1.71 bits per heavy atom. The molecule has 9 nitrogen and oxygen atoms in total. The molecule has 0 fully saturated rings. The van der Waals surface area contributed by atoms with Crippen LogP contribution >= 0.6 is 22.9 Å². The maximum atomic E-state index is 13.7. The Hall–Kier alpha value is -5.45. The van der Waals surface area contributed by atoms with E-state index in [-0.39, 0.29) is 12.2 Å². The smallest absolute Gasteiger partial charge is 0.346 e. The molecule has 1 amide bonds. The van der Waals surface area contributed by atoms with Crippen molar-refractivity contribution in [1.82, 2.24) is 29.3 Å². The Bertz CT molecular complexity index is 2330. The summed E-state index contributed by atoms with van der Waals surface area (Å²) in [7, 11) is 0. The third-order valence-electron chi connectivity index (χ3n) is 8.19. The predicted molar refractivity (Wildman–Crippen MR) is 190 cm³/mol. The first-order valence-corrected chi connectivity index (χ1v) is 16.8. The molecule has 0 atom stereocenters. The van der Waals surface area contributed by atoms with Crippen molar-refractivity contribution in [2.75, 3.05) is 0 Å². The van der Waals surface area contributed by atoms with Crippen LogP contribution < -0.4 is 15.9 Å². The van der Waals surface area contributed by atoms with Gasteiger partial charge in [0.25, 0.3) is 5.91 Å². The summed E-state index contributed by atoms with van der Waals surface area (Å²) in [6.45, 7) is 2.19. The van der Waals surface area contributed by atoms with Gasteiger partial charge in [-0.2, -0.15) is 5.10 Å². The van der Waals surface area contributed by atoms with Crippen molar-refractivity contribution in [2.24, 2.45) is 5.10 Å². The average molecular weight is 674 g/mol. The van der Waals surface area contributed by atoms with Gasteiger partial charge >= 0.3 is 5.69 Å². The molecule has 0 aliphatic rings. The van der Waals surface area contributed by atoms with E-state index in [0.717, 1.165) is 44.5 Å². The van der Waals surface area contributed by atoms with Crippen LogP contribution in [0.15, 0.2) is 125 Å². The Balaban J connectivity index is 1.16. The fourth-order valence-electron chi connectivity index (χ4n) is 5.72. The van der Waals surface area contributed by atoms with Gasteiger partial charge in [0, 0.05) is 46.2 Å². The van der Waals surface area contributed by atoms with Gasteiger partial charge in [-0.3, -0.25) is 13.9 Å². The fraction of sp³-hybridized carbons (Fsp3) is 0.135. The lowest BCUT2D eigenvalue weighted by Crippen LogP contribution is -2.33. The molecule has 7 rings (SSSR count). The van der Waals surface area contributed by atoms with Gasteiger partial charge in [0.1, 0.15) is 12.4 Å². The summed E-state index contributed by atoms with van der Waals surface area (Å²) in [5.74, 6) is 0.141. The maximum Gasteiger partial charge on any atom is 0.346 e. The number of para-hydroxylation sites is 2. The number of nitrogens with one attached hydrogen (secondary N) is 2. The van der Waals surface area contributed by atoms with Crippen molar-refractivity contribution in [3.05, 3.63) is 158 Å². The van der Waals surface area contributed by atoms with E-state index in [2.05, 4.69) is 26.7 Å². The minimum Gasteiger partial charge on any atom is -0.361 e. The molecular weight excluding hydrogens is 642 g/mol.